The normalized spacial score (nSPS) is 17.3. The third-order valence-electron chi connectivity index (χ3n) is 4.53. The molecule has 1 saturated heterocycles. The van der Waals surface area contributed by atoms with Crippen molar-refractivity contribution in [2.24, 2.45) is 4.99 Å². The van der Waals surface area contributed by atoms with Gasteiger partial charge in [0.25, 0.3) is 0 Å². The molecule has 1 aromatic rings. The van der Waals surface area contributed by atoms with Gasteiger partial charge in [-0.3, -0.25) is 9.89 Å². The molecule has 1 aliphatic rings. The van der Waals surface area contributed by atoms with E-state index < -0.39 is 0 Å². The number of aliphatic imine (C=N–C) groups is 1. The van der Waals surface area contributed by atoms with Gasteiger partial charge in [0, 0.05) is 38.6 Å². The van der Waals surface area contributed by atoms with Crippen LogP contribution in [0.3, 0.4) is 0 Å². The third-order valence-corrected chi connectivity index (χ3v) is 4.53. The molecular weight excluding hydrogens is 312 g/mol. The van der Waals surface area contributed by atoms with Crippen LogP contribution in [0.5, 0.6) is 0 Å². The molecule has 0 aliphatic carbocycles. The quantitative estimate of drug-likeness (QED) is 0.431. The number of morpholine rings is 1. The van der Waals surface area contributed by atoms with E-state index in [1.807, 2.05) is 0 Å². The first kappa shape index (κ1) is 19.7. The number of nitrogens with zero attached hydrogens (tertiary/aromatic N) is 2. The van der Waals surface area contributed by atoms with Crippen LogP contribution in [0.4, 0.5) is 0 Å². The first-order chi connectivity index (χ1) is 12.2. The van der Waals surface area contributed by atoms with Crippen LogP contribution in [-0.4, -0.2) is 63.3 Å². The summed E-state index contributed by atoms with van der Waals surface area (Å²) in [7, 11) is 0. The lowest BCUT2D eigenvalue weighted by atomic mass is 10.00. The molecule has 0 spiro atoms. The largest absolute Gasteiger partial charge is 0.379 e. The van der Waals surface area contributed by atoms with Crippen LogP contribution in [0.15, 0.2) is 29.3 Å². The number of guanidine groups is 1. The Bertz CT molecular complexity index is 526. The van der Waals surface area contributed by atoms with Crippen molar-refractivity contribution in [1.82, 2.24) is 15.5 Å². The van der Waals surface area contributed by atoms with Crippen molar-refractivity contribution in [2.45, 2.75) is 33.1 Å². The van der Waals surface area contributed by atoms with Gasteiger partial charge in [0.2, 0.25) is 0 Å². The minimum Gasteiger partial charge on any atom is -0.379 e. The molecule has 0 saturated carbocycles. The van der Waals surface area contributed by atoms with Crippen LogP contribution in [-0.2, 0) is 4.74 Å². The average Bonchev–Trinajstić information content (AvgIpc) is 2.63. The predicted molar refractivity (Wildman–Crippen MR) is 105 cm³/mol. The Hall–Kier alpha value is -1.59. The number of rotatable bonds is 8. The number of nitrogens with one attached hydrogen (secondary N) is 2. The predicted octanol–water partition coefficient (Wildman–Crippen LogP) is 2.38. The van der Waals surface area contributed by atoms with E-state index in [1.54, 1.807) is 0 Å². The zero-order chi connectivity index (χ0) is 17.9. The standard InChI is InChI=1S/C20H34N4O/c1-4-21-20(22-9-6-10-24-11-13-25-14-12-24)23-16-18(3)19-8-5-7-17(2)15-19/h5,7-8,15,18H,4,6,9-14,16H2,1-3H3,(H2,21,22,23). The van der Waals surface area contributed by atoms with Crippen LogP contribution in [0.1, 0.15) is 37.3 Å². The first-order valence-electron chi connectivity index (χ1n) is 9.58. The highest BCUT2D eigenvalue weighted by atomic mass is 16.5. The van der Waals surface area contributed by atoms with E-state index in [-0.39, 0.29) is 0 Å². The first-order valence-corrected chi connectivity index (χ1v) is 9.58. The molecule has 0 amide bonds. The van der Waals surface area contributed by atoms with Crippen molar-refractivity contribution in [3.8, 4) is 0 Å². The third kappa shape index (κ3) is 7.45. The van der Waals surface area contributed by atoms with Gasteiger partial charge in [0.05, 0.1) is 13.2 Å². The topological polar surface area (TPSA) is 48.9 Å². The molecule has 5 heteroatoms. The molecule has 1 fully saturated rings. The number of aryl methyl sites for hydroxylation is 1. The lowest BCUT2D eigenvalue weighted by Gasteiger charge is -2.26. The molecule has 1 aliphatic heterocycles. The van der Waals surface area contributed by atoms with E-state index in [4.69, 9.17) is 9.73 Å². The highest BCUT2D eigenvalue weighted by molar-refractivity contribution is 5.79. The van der Waals surface area contributed by atoms with Gasteiger partial charge in [-0.25, -0.2) is 0 Å². The molecule has 1 heterocycles. The van der Waals surface area contributed by atoms with Crippen molar-refractivity contribution >= 4 is 5.96 Å². The van der Waals surface area contributed by atoms with Crippen molar-refractivity contribution < 1.29 is 4.74 Å². The Labute approximate surface area is 152 Å². The maximum atomic E-state index is 5.39. The summed E-state index contributed by atoms with van der Waals surface area (Å²) < 4.78 is 5.39. The molecule has 0 aromatic heterocycles. The van der Waals surface area contributed by atoms with Gasteiger partial charge >= 0.3 is 0 Å². The average molecular weight is 347 g/mol. The number of hydrogen-bond donors (Lipinski definition) is 2. The van der Waals surface area contributed by atoms with Gasteiger partial charge in [0.15, 0.2) is 5.96 Å². The molecule has 0 radical (unpaired) electrons. The molecule has 140 valence electrons. The number of ether oxygens (including phenoxy) is 1. The van der Waals surface area contributed by atoms with Gasteiger partial charge < -0.3 is 15.4 Å². The fraction of sp³-hybridized carbons (Fsp3) is 0.650. The zero-order valence-corrected chi connectivity index (χ0v) is 16.1. The molecule has 1 unspecified atom stereocenters. The minimum absolute atomic E-state index is 0.420. The molecule has 1 aromatic carbocycles. The van der Waals surface area contributed by atoms with Gasteiger partial charge in [-0.1, -0.05) is 36.8 Å². The lowest BCUT2D eigenvalue weighted by Crippen LogP contribution is -2.40. The SMILES string of the molecule is CCNC(=NCC(C)c1cccc(C)c1)NCCCN1CCOCC1. The summed E-state index contributed by atoms with van der Waals surface area (Å²) in [5, 5.41) is 6.80. The second kappa shape index (κ2) is 11.1. The van der Waals surface area contributed by atoms with E-state index in [9.17, 15) is 0 Å². The fourth-order valence-corrected chi connectivity index (χ4v) is 2.99. The van der Waals surface area contributed by atoms with Crippen molar-refractivity contribution in [1.29, 1.82) is 0 Å². The molecule has 25 heavy (non-hydrogen) atoms. The lowest BCUT2D eigenvalue weighted by molar-refractivity contribution is 0.0376. The van der Waals surface area contributed by atoms with Crippen molar-refractivity contribution in [3.05, 3.63) is 35.4 Å². The Kier molecular flexibility index (Phi) is 8.77. The maximum Gasteiger partial charge on any atom is 0.191 e. The molecule has 5 nitrogen and oxygen atoms in total. The van der Waals surface area contributed by atoms with E-state index in [1.165, 1.54) is 11.1 Å². The Morgan fingerprint density at radius 3 is 2.80 bits per heavy atom. The molecular formula is C20H34N4O. The van der Waals surface area contributed by atoms with E-state index in [2.05, 4.69) is 60.6 Å². The highest BCUT2D eigenvalue weighted by Gasteiger charge is 2.09. The zero-order valence-electron chi connectivity index (χ0n) is 16.1. The fourth-order valence-electron chi connectivity index (χ4n) is 2.99. The molecule has 1 atom stereocenters. The Morgan fingerprint density at radius 2 is 2.08 bits per heavy atom. The van der Waals surface area contributed by atoms with Crippen LogP contribution >= 0.6 is 0 Å². The van der Waals surface area contributed by atoms with Gasteiger partial charge in [0.1, 0.15) is 0 Å². The summed E-state index contributed by atoms with van der Waals surface area (Å²) in [5.41, 5.74) is 2.66. The molecule has 2 N–H and O–H groups in total. The summed E-state index contributed by atoms with van der Waals surface area (Å²) in [6, 6.07) is 8.71. The minimum atomic E-state index is 0.420. The molecule has 2 rings (SSSR count). The van der Waals surface area contributed by atoms with Crippen LogP contribution in [0, 0.1) is 6.92 Å². The van der Waals surface area contributed by atoms with Crippen LogP contribution in [0.2, 0.25) is 0 Å². The summed E-state index contributed by atoms with van der Waals surface area (Å²) in [6.07, 6.45) is 1.12. The summed E-state index contributed by atoms with van der Waals surface area (Å²) in [4.78, 5) is 7.23. The van der Waals surface area contributed by atoms with Crippen LogP contribution in [0.25, 0.3) is 0 Å². The Morgan fingerprint density at radius 1 is 1.28 bits per heavy atom. The van der Waals surface area contributed by atoms with Crippen LogP contribution < -0.4 is 10.6 Å². The maximum absolute atomic E-state index is 5.39. The number of benzene rings is 1. The van der Waals surface area contributed by atoms with Gasteiger partial charge in [-0.05, 0) is 32.4 Å². The second-order valence-electron chi connectivity index (χ2n) is 6.77. The van der Waals surface area contributed by atoms with E-state index >= 15 is 0 Å². The smallest absolute Gasteiger partial charge is 0.191 e. The summed E-state index contributed by atoms with van der Waals surface area (Å²) in [5.74, 6) is 1.34. The van der Waals surface area contributed by atoms with Crippen molar-refractivity contribution in [2.75, 3.05) is 52.5 Å². The van der Waals surface area contributed by atoms with E-state index in [0.29, 0.717) is 5.92 Å². The Balaban J connectivity index is 1.75. The van der Waals surface area contributed by atoms with Crippen molar-refractivity contribution in [3.63, 3.8) is 0 Å². The van der Waals surface area contributed by atoms with E-state index in [0.717, 1.165) is 64.9 Å². The molecule has 0 bridgehead atoms. The monoisotopic (exact) mass is 346 g/mol. The second-order valence-corrected chi connectivity index (χ2v) is 6.77. The van der Waals surface area contributed by atoms with Gasteiger partial charge in [-0.15, -0.1) is 0 Å². The summed E-state index contributed by atoms with van der Waals surface area (Å²) >= 11 is 0. The highest BCUT2D eigenvalue weighted by Crippen LogP contribution is 2.16. The summed E-state index contributed by atoms with van der Waals surface area (Å²) in [6.45, 7) is 14.1. The number of hydrogen-bond acceptors (Lipinski definition) is 3. The van der Waals surface area contributed by atoms with Gasteiger partial charge in [-0.2, -0.15) is 0 Å².